The van der Waals surface area contributed by atoms with Crippen molar-refractivity contribution in [3.05, 3.63) is 12.0 Å². The van der Waals surface area contributed by atoms with E-state index in [1.165, 1.54) is 12.8 Å². The van der Waals surface area contributed by atoms with Gasteiger partial charge >= 0.3 is 0 Å². The molecule has 1 saturated carbocycles. The summed E-state index contributed by atoms with van der Waals surface area (Å²) in [6.45, 7) is 0.859. The molecule has 0 atom stereocenters. The van der Waals surface area contributed by atoms with Crippen molar-refractivity contribution in [2.24, 2.45) is 4.99 Å². The summed E-state index contributed by atoms with van der Waals surface area (Å²) in [6.07, 6.45) is 6.29. The summed E-state index contributed by atoms with van der Waals surface area (Å²) < 4.78 is 0. The predicted octanol–water partition coefficient (Wildman–Crippen LogP) is 0.984. The second-order valence-corrected chi connectivity index (χ2v) is 5.39. The largest absolute Gasteiger partial charge is 0.339 e. The van der Waals surface area contributed by atoms with Crippen LogP contribution in [0.25, 0.3) is 0 Å². The molecule has 1 N–H and O–H groups in total. The summed E-state index contributed by atoms with van der Waals surface area (Å²) in [5, 5.41) is 0. The molecule has 0 radical (unpaired) electrons. The lowest BCUT2D eigenvalue weighted by Crippen LogP contribution is -2.48. The third kappa shape index (κ3) is 1.10. The molecular formula is C12H15N5O. The van der Waals surface area contributed by atoms with Gasteiger partial charge in [-0.1, -0.05) is 12.8 Å². The number of aliphatic imine (C=N–C) groups is 1. The van der Waals surface area contributed by atoms with Gasteiger partial charge in [-0.05, 0) is 12.8 Å². The Bertz CT molecular complexity index is 555. The topological polar surface area (TPSA) is 64.6 Å². The van der Waals surface area contributed by atoms with Crippen LogP contribution in [0.5, 0.6) is 0 Å². The van der Waals surface area contributed by atoms with E-state index in [1.807, 2.05) is 0 Å². The molecule has 1 fully saturated rings. The third-order valence-electron chi connectivity index (χ3n) is 4.26. The van der Waals surface area contributed by atoms with Crippen LogP contribution < -0.4 is 4.90 Å². The molecule has 6 heteroatoms. The molecule has 94 valence electrons. The Morgan fingerprint density at radius 3 is 2.94 bits per heavy atom. The highest BCUT2D eigenvalue weighted by Crippen LogP contribution is 2.41. The Morgan fingerprint density at radius 2 is 2.17 bits per heavy atom. The number of fused-ring (bicyclic) bond motifs is 3. The highest BCUT2D eigenvalue weighted by Gasteiger charge is 2.47. The van der Waals surface area contributed by atoms with Gasteiger partial charge in [0.2, 0.25) is 5.96 Å². The maximum absolute atomic E-state index is 12.2. The fraction of sp³-hybridized carbons (Fsp3) is 0.583. The van der Waals surface area contributed by atoms with Gasteiger partial charge in [-0.25, -0.2) is 9.98 Å². The number of aromatic amines is 1. The highest BCUT2D eigenvalue weighted by molar-refractivity contribution is 6.17. The molecule has 3 heterocycles. The standard InChI is InChI=1S/C12H15N5O/c1-16-10(18)8-9(14-7-13-8)17-6-12(15-11(16)17)4-2-3-5-12/h7H,2-6H2,1H3,(H,13,14). The van der Waals surface area contributed by atoms with E-state index in [0.29, 0.717) is 5.69 Å². The molecule has 1 spiro atoms. The summed E-state index contributed by atoms with van der Waals surface area (Å²) in [5.74, 6) is 1.45. The average Bonchev–Trinajstić information content (AvgIpc) is 3.06. The molecule has 1 aromatic rings. The molecule has 0 unspecified atom stereocenters. The Morgan fingerprint density at radius 1 is 1.39 bits per heavy atom. The van der Waals surface area contributed by atoms with Crippen LogP contribution in [0, 0.1) is 0 Å². The zero-order chi connectivity index (χ0) is 12.3. The summed E-state index contributed by atoms with van der Waals surface area (Å²) in [7, 11) is 1.78. The van der Waals surface area contributed by atoms with Crippen molar-refractivity contribution in [3.63, 3.8) is 0 Å². The van der Waals surface area contributed by atoms with Gasteiger partial charge in [0.25, 0.3) is 5.91 Å². The van der Waals surface area contributed by atoms with Crippen LogP contribution >= 0.6 is 0 Å². The first kappa shape index (κ1) is 10.1. The first-order valence-corrected chi connectivity index (χ1v) is 6.39. The predicted molar refractivity (Wildman–Crippen MR) is 66.7 cm³/mol. The minimum absolute atomic E-state index is 0.0183. The van der Waals surface area contributed by atoms with Crippen LogP contribution in [0.4, 0.5) is 5.82 Å². The van der Waals surface area contributed by atoms with Crippen molar-refractivity contribution in [2.75, 3.05) is 18.5 Å². The fourth-order valence-electron chi connectivity index (χ4n) is 3.31. The molecule has 3 aliphatic rings. The van der Waals surface area contributed by atoms with Gasteiger partial charge < -0.3 is 4.98 Å². The number of H-pyrrole nitrogens is 1. The van der Waals surface area contributed by atoms with Gasteiger partial charge in [-0.2, -0.15) is 0 Å². The van der Waals surface area contributed by atoms with Gasteiger partial charge in [0.05, 0.1) is 18.4 Å². The van der Waals surface area contributed by atoms with Crippen molar-refractivity contribution in [1.29, 1.82) is 0 Å². The zero-order valence-corrected chi connectivity index (χ0v) is 10.3. The highest BCUT2D eigenvalue weighted by atomic mass is 16.2. The molecule has 18 heavy (non-hydrogen) atoms. The maximum Gasteiger partial charge on any atom is 0.280 e. The van der Waals surface area contributed by atoms with Crippen LogP contribution in [-0.2, 0) is 0 Å². The number of hydrogen-bond donors (Lipinski definition) is 1. The lowest BCUT2D eigenvalue weighted by molar-refractivity contribution is 0.0860. The van der Waals surface area contributed by atoms with Crippen molar-refractivity contribution < 1.29 is 4.79 Å². The van der Waals surface area contributed by atoms with E-state index < -0.39 is 0 Å². The number of guanidine groups is 1. The van der Waals surface area contributed by atoms with Crippen molar-refractivity contribution in [2.45, 2.75) is 31.2 Å². The summed E-state index contributed by atoms with van der Waals surface area (Å²) in [5.41, 5.74) is 0.594. The fourth-order valence-corrected chi connectivity index (χ4v) is 3.31. The molecule has 4 rings (SSSR count). The number of nitrogens with zero attached hydrogens (tertiary/aromatic N) is 4. The molecule has 0 bridgehead atoms. The molecule has 0 aromatic carbocycles. The SMILES string of the molecule is CN1C(=O)c2[nH]cnc2N2CC3(CCCC3)N=C12. The van der Waals surface area contributed by atoms with Gasteiger partial charge in [-0.15, -0.1) is 0 Å². The summed E-state index contributed by atoms with van der Waals surface area (Å²) in [4.78, 5) is 27.9. The zero-order valence-electron chi connectivity index (χ0n) is 10.3. The molecule has 2 aliphatic heterocycles. The molecule has 0 saturated heterocycles. The minimum Gasteiger partial charge on any atom is -0.339 e. The van der Waals surface area contributed by atoms with E-state index in [4.69, 9.17) is 4.99 Å². The van der Waals surface area contributed by atoms with E-state index in [0.717, 1.165) is 31.2 Å². The lowest BCUT2D eigenvalue weighted by Gasteiger charge is -2.30. The van der Waals surface area contributed by atoms with Crippen LogP contribution in [-0.4, -0.2) is 45.9 Å². The summed E-state index contributed by atoms with van der Waals surface area (Å²) >= 11 is 0. The molecule has 6 nitrogen and oxygen atoms in total. The van der Waals surface area contributed by atoms with Gasteiger partial charge in [-0.3, -0.25) is 14.6 Å². The number of nitrogens with one attached hydrogen (secondary N) is 1. The smallest absolute Gasteiger partial charge is 0.280 e. The van der Waals surface area contributed by atoms with Gasteiger partial charge in [0, 0.05) is 7.05 Å². The second-order valence-electron chi connectivity index (χ2n) is 5.39. The number of carbonyl (C=O) groups is 1. The lowest BCUT2D eigenvalue weighted by atomic mass is 9.99. The van der Waals surface area contributed by atoms with Crippen LogP contribution in [0.15, 0.2) is 11.3 Å². The Balaban J connectivity index is 1.84. The van der Waals surface area contributed by atoms with Crippen molar-refractivity contribution in [1.82, 2.24) is 14.9 Å². The number of imidazole rings is 1. The van der Waals surface area contributed by atoms with E-state index in [2.05, 4.69) is 14.9 Å². The van der Waals surface area contributed by atoms with Gasteiger partial charge in [0.15, 0.2) is 5.82 Å². The third-order valence-corrected chi connectivity index (χ3v) is 4.26. The normalized spacial score (nSPS) is 24.5. The first-order valence-electron chi connectivity index (χ1n) is 6.39. The average molecular weight is 245 g/mol. The number of carbonyl (C=O) groups excluding carboxylic acids is 1. The maximum atomic E-state index is 12.2. The Labute approximate surface area is 105 Å². The Hall–Kier alpha value is -1.85. The molecule has 1 aliphatic carbocycles. The second kappa shape index (κ2) is 3.13. The number of rotatable bonds is 0. The van der Waals surface area contributed by atoms with Crippen LogP contribution in [0.1, 0.15) is 36.2 Å². The molecule has 1 amide bonds. The minimum atomic E-state index is -0.0486. The van der Waals surface area contributed by atoms with E-state index >= 15 is 0 Å². The summed E-state index contributed by atoms with van der Waals surface area (Å²) in [6, 6.07) is 0. The van der Waals surface area contributed by atoms with Crippen LogP contribution in [0.2, 0.25) is 0 Å². The van der Waals surface area contributed by atoms with E-state index in [9.17, 15) is 4.79 Å². The number of anilines is 1. The number of hydrogen-bond acceptors (Lipinski definition) is 4. The number of amides is 1. The molecule has 1 aromatic heterocycles. The van der Waals surface area contributed by atoms with Crippen molar-refractivity contribution >= 4 is 17.7 Å². The van der Waals surface area contributed by atoms with E-state index in [-0.39, 0.29) is 11.4 Å². The van der Waals surface area contributed by atoms with E-state index in [1.54, 1.807) is 18.3 Å². The van der Waals surface area contributed by atoms with Gasteiger partial charge in [0.1, 0.15) is 5.69 Å². The number of aromatic nitrogens is 2. The van der Waals surface area contributed by atoms with Crippen molar-refractivity contribution in [3.8, 4) is 0 Å². The van der Waals surface area contributed by atoms with Crippen LogP contribution in [0.3, 0.4) is 0 Å². The molecular weight excluding hydrogens is 230 g/mol. The monoisotopic (exact) mass is 245 g/mol. The first-order chi connectivity index (χ1) is 8.70. The quantitative estimate of drug-likeness (QED) is 0.741. The Kier molecular flexibility index (Phi) is 1.76.